The number of esters is 1. The second-order valence-corrected chi connectivity index (χ2v) is 10.2. The quantitative estimate of drug-likeness (QED) is 0.699. The number of ether oxygens (including phenoxy) is 1. The van der Waals surface area contributed by atoms with E-state index in [1.165, 1.54) is 49.7 Å². The third kappa shape index (κ3) is 4.52. The first-order chi connectivity index (χ1) is 13.2. The van der Waals surface area contributed by atoms with Crippen LogP contribution in [0.4, 0.5) is 0 Å². The molecule has 0 amide bonds. The zero-order valence-corrected chi connectivity index (χ0v) is 19.0. The molecule has 28 heavy (non-hydrogen) atoms. The van der Waals surface area contributed by atoms with Crippen molar-refractivity contribution in [1.82, 2.24) is 4.90 Å². The number of carbonyl (C=O) groups is 1. The second-order valence-electron chi connectivity index (χ2n) is 9.15. The normalized spacial score (nSPS) is 24.5. The lowest BCUT2D eigenvalue weighted by Gasteiger charge is -2.37. The van der Waals surface area contributed by atoms with E-state index in [1.807, 2.05) is 13.8 Å². The molecule has 1 fully saturated rings. The van der Waals surface area contributed by atoms with E-state index in [4.69, 9.17) is 10.5 Å². The molecule has 2 heterocycles. The fraction of sp³-hybridized carbons (Fsp3) is 0.696. The van der Waals surface area contributed by atoms with Gasteiger partial charge in [0.2, 0.25) is 0 Å². The SMILES string of the molecule is CCN1CCC(c2cc(C(C)(C)N)sc2C(=O)OC)=C(C2CCC(C)CC2)C1. The standard InChI is InChI=1S/C23H36N2O2S/c1-6-25-12-11-17(19(14-25)16-9-7-15(2)8-10-16)18-13-20(23(3,4)24)28-21(18)22(26)27-5/h13,15-16H,6-12,14,24H2,1-5H3. The smallest absolute Gasteiger partial charge is 0.348 e. The Morgan fingerprint density at radius 2 is 2.00 bits per heavy atom. The van der Waals surface area contributed by atoms with E-state index in [0.29, 0.717) is 5.92 Å². The van der Waals surface area contributed by atoms with Gasteiger partial charge in [-0.15, -0.1) is 11.3 Å². The van der Waals surface area contributed by atoms with Crippen molar-refractivity contribution in [3.8, 4) is 0 Å². The third-order valence-electron chi connectivity index (χ3n) is 6.48. The Hall–Kier alpha value is -1.17. The predicted octanol–water partition coefficient (Wildman–Crippen LogP) is 5.03. The Bertz CT molecular complexity index is 736. The summed E-state index contributed by atoms with van der Waals surface area (Å²) in [7, 11) is 1.47. The number of thiophene rings is 1. The monoisotopic (exact) mass is 404 g/mol. The topological polar surface area (TPSA) is 55.6 Å². The van der Waals surface area contributed by atoms with Crippen LogP contribution in [0.3, 0.4) is 0 Å². The molecule has 0 bridgehead atoms. The van der Waals surface area contributed by atoms with Crippen molar-refractivity contribution < 1.29 is 9.53 Å². The van der Waals surface area contributed by atoms with Gasteiger partial charge in [0.15, 0.2) is 0 Å². The van der Waals surface area contributed by atoms with Gasteiger partial charge in [-0.3, -0.25) is 4.90 Å². The Kier molecular flexibility index (Phi) is 6.68. The molecule has 2 N–H and O–H groups in total. The number of nitrogens with zero attached hydrogens (tertiary/aromatic N) is 1. The first kappa shape index (κ1) is 21.5. The van der Waals surface area contributed by atoms with Crippen molar-refractivity contribution in [2.75, 3.05) is 26.7 Å². The highest BCUT2D eigenvalue weighted by Crippen LogP contribution is 2.43. The average Bonchev–Trinajstić information content (AvgIpc) is 3.13. The lowest BCUT2D eigenvalue weighted by molar-refractivity contribution is 0.0606. The maximum Gasteiger partial charge on any atom is 0.348 e. The first-order valence-corrected chi connectivity index (χ1v) is 11.5. The van der Waals surface area contributed by atoms with Gasteiger partial charge in [-0.25, -0.2) is 4.79 Å². The van der Waals surface area contributed by atoms with E-state index in [-0.39, 0.29) is 5.97 Å². The lowest BCUT2D eigenvalue weighted by Crippen LogP contribution is -2.34. The molecular weight excluding hydrogens is 368 g/mol. The molecule has 1 aromatic heterocycles. The molecule has 0 spiro atoms. The fourth-order valence-corrected chi connectivity index (χ4v) is 5.70. The van der Waals surface area contributed by atoms with Crippen LogP contribution in [0.15, 0.2) is 11.6 Å². The van der Waals surface area contributed by atoms with E-state index < -0.39 is 5.54 Å². The van der Waals surface area contributed by atoms with Gasteiger partial charge in [-0.2, -0.15) is 0 Å². The van der Waals surface area contributed by atoms with Crippen molar-refractivity contribution in [3.63, 3.8) is 0 Å². The number of hydrogen-bond donors (Lipinski definition) is 1. The highest BCUT2D eigenvalue weighted by molar-refractivity contribution is 7.14. The van der Waals surface area contributed by atoms with Gasteiger partial charge in [0.1, 0.15) is 4.88 Å². The van der Waals surface area contributed by atoms with Gasteiger partial charge < -0.3 is 10.5 Å². The molecular formula is C23H36N2O2S. The Morgan fingerprint density at radius 1 is 1.32 bits per heavy atom. The van der Waals surface area contributed by atoms with Crippen LogP contribution in [0.25, 0.3) is 5.57 Å². The third-order valence-corrected chi connectivity index (χ3v) is 7.93. The summed E-state index contributed by atoms with van der Waals surface area (Å²) < 4.78 is 5.13. The minimum atomic E-state index is -0.462. The number of hydrogen-bond acceptors (Lipinski definition) is 5. The summed E-state index contributed by atoms with van der Waals surface area (Å²) in [6, 6.07) is 2.17. The number of rotatable bonds is 5. The van der Waals surface area contributed by atoms with Crippen LogP contribution in [0.1, 0.15) is 79.9 Å². The zero-order valence-electron chi connectivity index (χ0n) is 18.1. The molecule has 0 atom stereocenters. The van der Waals surface area contributed by atoms with Gasteiger partial charge >= 0.3 is 5.97 Å². The Morgan fingerprint density at radius 3 is 2.57 bits per heavy atom. The molecule has 1 aliphatic carbocycles. The molecule has 0 unspecified atom stereocenters. The fourth-order valence-electron chi connectivity index (χ4n) is 4.58. The summed E-state index contributed by atoms with van der Waals surface area (Å²) in [4.78, 5) is 16.9. The van der Waals surface area contributed by atoms with Crippen LogP contribution in [0.5, 0.6) is 0 Å². The van der Waals surface area contributed by atoms with Gasteiger partial charge in [0, 0.05) is 29.1 Å². The summed E-state index contributed by atoms with van der Waals surface area (Å²) in [5, 5.41) is 0. The molecule has 1 aliphatic heterocycles. The molecule has 0 aromatic carbocycles. The van der Waals surface area contributed by atoms with Gasteiger partial charge in [0.25, 0.3) is 0 Å². The van der Waals surface area contributed by atoms with Crippen molar-refractivity contribution in [2.45, 2.75) is 65.3 Å². The number of likely N-dealkylation sites (N-methyl/N-ethyl adjacent to an activating group) is 1. The minimum Gasteiger partial charge on any atom is -0.465 e. The van der Waals surface area contributed by atoms with E-state index in [0.717, 1.165) is 47.3 Å². The Labute approximate surface area is 174 Å². The molecule has 1 aromatic rings. The first-order valence-electron chi connectivity index (χ1n) is 10.7. The number of carbonyl (C=O) groups excluding carboxylic acids is 1. The zero-order chi connectivity index (χ0) is 20.5. The van der Waals surface area contributed by atoms with Gasteiger partial charge in [0.05, 0.1) is 7.11 Å². The van der Waals surface area contributed by atoms with Crippen LogP contribution in [0.2, 0.25) is 0 Å². The molecule has 3 rings (SSSR count). The van der Waals surface area contributed by atoms with Crippen molar-refractivity contribution >= 4 is 22.9 Å². The van der Waals surface area contributed by atoms with Crippen LogP contribution in [-0.4, -0.2) is 37.6 Å². The molecule has 4 nitrogen and oxygen atoms in total. The largest absolute Gasteiger partial charge is 0.465 e. The van der Waals surface area contributed by atoms with Crippen LogP contribution in [0, 0.1) is 11.8 Å². The highest BCUT2D eigenvalue weighted by Gasteiger charge is 2.32. The van der Waals surface area contributed by atoms with E-state index >= 15 is 0 Å². The van der Waals surface area contributed by atoms with Gasteiger partial charge in [-0.1, -0.05) is 26.7 Å². The summed E-state index contributed by atoms with van der Waals surface area (Å²) in [5.74, 6) is 1.24. The summed E-state index contributed by atoms with van der Waals surface area (Å²) in [5.41, 5.74) is 9.94. The van der Waals surface area contributed by atoms with E-state index in [2.05, 4.69) is 24.8 Å². The van der Waals surface area contributed by atoms with Crippen LogP contribution >= 0.6 is 11.3 Å². The lowest BCUT2D eigenvalue weighted by atomic mass is 9.75. The molecule has 2 aliphatic rings. The Balaban J connectivity index is 2.08. The summed E-state index contributed by atoms with van der Waals surface area (Å²) in [6.45, 7) is 11.8. The van der Waals surface area contributed by atoms with Crippen LogP contribution < -0.4 is 5.73 Å². The van der Waals surface area contributed by atoms with E-state index in [9.17, 15) is 4.79 Å². The summed E-state index contributed by atoms with van der Waals surface area (Å²) in [6.07, 6.45) is 6.15. The van der Waals surface area contributed by atoms with Crippen molar-refractivity contribution in [1.29, 1.82) is 0 Å². The molecule has 5 heteroatoms. The minimum absolute atomic E-state index is 0.238. The van der Waals surface area contributed by atoms with Crippen LogP contribution in [-0.2, 0) is 10.3 Å². The van der Waals surface area contributed by atoms with E-state index in [1.54, 1.807) is 5.57 Å². The number of methoxy groups -OCH3 is 1. The molecule has 0 saturated heterocycles. The highest BCUT2D eigenvalue weighted by atomic mass is 32.1. The summed E-state index contributed by atoms with van der Waals surface area (Å²) >= 11 is 1.50. The molecule has 1 saturated carbocycles. The number of nitrogens with two attached hydrogens (primary N) is 1. The predicted molar refractivity (Wildman–Crippen MR) is 118 cm³/mol. The average molecular weight is 405 g/mol. The maximum atomic E-state index is 12.6. The molecule has 156 valence electrons. The maximum absolute atomic E-state index is 12.6. The second kappa shape index (κ2) is 8.68. The molecule has 0 radical (unpaired) electrons. The van der Waals surface area contributed by atoms with Crippen molar-refractivity contribution in [3.05, 3.63) is 27.0 Å². The van der Waals surface area contributed by atoms with Crippen molar-refractivity contribution in [2.24, 2.45) is 17.6 Å². The van der Waals surface area contributed by atoms with Gasteiger partial charge in [-0.05, 0) is 68.7 Å².